The molecule has 0 atom stereocenters. The van der Waals surface area contributed by atoms with Gasteiger partial charge in [-0.25, -0.2) is 14.4 Å². The monoisotopic (exact) mass is 265 g/mol. The number of rotatable bonds is 3. The molecular weight excluding hydrogens is 257 g/mol. The molecule has 18 heavy (non-hydrogen) atoms. The number of aromatic nitrogens is 2. The Morgan fingerprint density at radius 3 is 2.56 bits per heavy atom. The molecule has 7 heteroatoms. The van der Waals surface area contributed by atoms with Crippen LogP contribution in [0.5, 0.6) is 0 Å². The summed E-state index contributed by atoms with van der Waals surface area (Å²) >= 11 is 1.08. The number of halogens is 1. The minimum atomic E-state index is -0.654. The van der Waals surface area contributed by atoms with Crippen LogP contribution < -0.4 is 0 Å². The number of nitro benzene ring substituents is 1. The molecule has 0 radical (unpaired) electrons. The first-order valence-corrected chi connectivity index (χ1v) is 5.78. The number of hydrogen-bond donors (Lipinski definition) is 0. The molecule has 0 aliphatic heterocycles. The normalized spacial score (nSPS) is 10.3. The first-order valence-electron chi connectivity index (χ1n) is 4.96. The van der Waals surface area contributed by atoms with Crippen LogP contribution in [-0.4, -0.2) is 14.9 Å². The van der Waals surface area contributed by atoms with Crippen molar-refractivity contribution >= 4 is 17.4 Å². The topological polar surface area (TPSA) is 68.9 Å². The van der Waals surface area contributed by atoms with E-state index in [1.165, 1.54) is 12.1 Å². The van der Waals surface area contributed by atoms with Gasteiger partial charge in [0.1, 0.15) is 5.82 Å². The smallest absolute Gasteiger partial charge is 0.258 e. The molecule has 0 unspecified atom stereocenters. The van der Waals surface area contributed by atoms with Crippen molar-refractivity contribution in [1.29, 1.82) is 0 Å². The number of nitrogens with zero attached hydrogens (tertiary/aromatic N) is 3. The van der Waals surface area contributed by atoms with E-state index >= 15 is 0 Å². The average molecular weight is 265 g/mol. The van der Waals surface area contributed by atoms with Gasteiger partial charge in [-0.15, -0.1) is 0 Å². The minimum absolute atomic E-state index is 0.287. The van der Waals surface area contributed by atoms with E-state index in [2.05, 4.69) is 9.97 Å². The van der Waals surface area contributed by atoms with Gasteiger partial charge in [-0.05, 0) is 30.3 Å². The lowest BCUT2D eigenvalue weighted by Gasteiger charge is -2.01. The molecule has 0 aliphatic carbocycles. The summed E-state index contributed by atoms with van der Waals surface area (Å²) in [6, 6.07) is 3.37. The van der Waals surface area contributed by atoms with Crippen molar-refractivity contribution in [2.45, 2.75) is 17.0 Å². The molecule has 0 amide bonds. The van der Waals surface area contributed by atoms with E-state index in [4.69, 9.17) is 0 Å². The molecule has 0 spiro atoms. The van der Waals surface area contributed by atoms with E-state index in [1.807, 2.05) is 6.92 Å². The van der Waals surface area contributed by atoms with Gasteiger partial charge in [-0.1, -0.05) is 0 Å². The van der Waals surface area contributed by atoms with E-state index in [1.54, 1.807) is 12.4 Å². The second-order valence-corrected chi connectivity index (χ2v) is 4.59. The summed E-state index contributed by atoms with van der Waals surface area (Å²) in [7, 11) is 0. The van der Waals surface area contributed by atoms with Crippen LogP contribution in [0.3, 0.4) is 0 Å². The van der Waals surface area contributed by atoms with Crippen molar-refractivity contribution in [3.8, 4) is 0 Å². The lowest BCUT2D eigenvalue weighted by atomic mass is 10.3. The van der Waals surface area contributed by atoms with Crippen LogP contribution in [0.2, 0.25) is 0 Å². The summed E-state index contributed by atoms with van der Waals surface area (Å²) in [5, 5.41) is 11.0. The molecule has 1 heterocycles. The van der Waals surface area contributed by atoms with Crippen LogP contribution >= 0.6 is 11.8 Å². The molecule has 1 aromatic carbocycles. The lowest BCUT2D eigenvalue weighted by Crippen LogP contribution is -1.91. The fraction of sp³-hybridized carbons (Fsp3) is 0.0909. The summed E-state index contributed by atoms with van der Waals surface area (Å²) in [6.45, 7) is 1.85. The van der Waals surface area contributed by atoms with Crippen LogP contribution in [0, 0.1) is 22.9 Å². The van der Waals surface area contributed by atoms with Crippen molar-refractivity contribution in [3.05, 3.63) is 52.1 Å². The van der Waals surface area contributed by atoms with Gasteiger partial charge >= 0.3 is 0 Å². The zero-order valence-corrected chi connectivity index (χ0v) is 10.1. The van der Waals surface area contributed by atoms with Crippen LogP contribution in [0.1, 0.15) is 5.56 Å². The lowest BCUT2D eigenvalue weighted by molar-refractivity contribution is -0.385. The Labute approximate surface area is 106 Å². The molecule has 92 valence electrons. The molecule has 5 nitrogen and oxygen atoms in total. The summed E-state index contributed by atoms with van der Waals surface area (Å²) in [4.78, 5) is 18.4. The van der Waals surface area contributed by atoms with Gasteiger partial charge < -0.3 is 0 Å². The Morgan fingerprint density at radius 1 is 1.28 bits per heavy atom. The van der Waals surface area contributed by atoms with E-state index in [0.29, 0.717) is 10.1 Å². The molecule has 0 N–H and O–H groups in total. The Morgan fingerprint density at radius 2 is 1.94 bits per heavy atom. The molecule has 0 fully saturated rings. The third-order valence-corrected chi connectivity index (χ3v) is 2.90. The second kappa shape index (κ2) is 5.09. The maximum absolute atomic E-state index is 13.2. The second-order valence-electron chi connectivity index (χ2n) is 3.55. The molecule has 0 saturated carbocycles. The van der Waals surface area contributed by atoms with Crippen molar-refractivity contribution in [3.63, 3.8) is 0 Å². The third kappa shape index (κ3) is 3.01. The van der Waals surface area contributed by atoms with E-state index in [0.717, 1.165) is 23.4 Å². The largest absolute Gasteiger partial charge is 0.273 e. The van der Waals surface area contributed by atoms with Crippen LogP contribution in [0.25, 0.3) is 0 Å². The summed E-state index contributed by atoms with van der Waals surface area (Å²) < 4.78 is 13.2. The van der Waals surface area contributed by atoms with E-state index < -0.39 is 10.7 Å². The maximum Gasteiger partial charge on any atom is 0.273 e. The molecule has 2 rings (SSSR count). The Bertz CT molecular complexity index is 589. The SMILES string of the molecule is Cc1cnc(Sc2cc(F)cc([N+](=O)[O-])c2)nc1. The predicted octanol–water partition coefficient (Wildman–Crippen LogP) is 2.98. The number of nitro groups is 1. The highest BCUT2D eigenvalue weighted by Gasteiger charge is 2.11. The Balaban J connectivity index is 2.28. The van der Waals surface area contributed by atoms with E-state index in [9.17, 15) is 14.5 Å². The standard InChI is InChI=1S/C11H8FN3O2S/c1-7-5-13-11(14-6-7)18-10-3-8(12)2-9(4-10)15(16)17/h2-6H,1H3. The molecular formula is C11H8FN3O2S. The molecule has 0 saturated heterocycles. The van der Waals surface area contributed by atoms with Crippen molar-refractivity contribution in [2.75, 3.05) is 0 Å². The first kappa shape index (κ1) is 12.4. The summed E-state index contributed by atoms with van der Waals surface area (Å²) in [6.07, 6.45) is 3.26. The van der Waals surface area contributed by atoms with Gasteiger partial charge in [-0.3, -0.25) is 10.1 Å². The number of benzene rings is 1. The summed E-state index contributed by atoms with van der Waals surface area (Å²) in [5.41, 5.74) is 0.620. The minimum Gasteiger partial charge on any atom is -0.258 e. The van der Waals surface area contributed by atoms with Crippen LogP contribution in [0.4, 0.5) is 10.1 Å². The fourth-order valence-electron chi connectivity index (χ4n) is 1.25. The molecule has 0 bridgehead atoms. The predicted molar refractivity (Wildman–Crippen MR) is 63.9 cm³/mol. The number of hydrogen-bond acceptors (Lipinski definition) is 5. The quantitative estimate of drug-likeness (QED) is 0.484. The molecule has 2 aromatic rings. The highest BCUT2D eigenvalue weighted by Crippen LogP contribution is 2.28. The van der Waals surface area contributed by atoms with Crippen LogP contribution in [0.15, 0.2) is 40.6 Å². The zero-order chi connectivity index (χ0) is 13.1. The third-order valence-electron chi connectivity index (χ3n) is 2.03. The highest BCUT2D eigenvalue weighted by molar-refractivity contribution is 7.99. The summed E-state index contributed by atoms with van der Waals surface area (Å²) in [5.74, 6) is -0.654. The van der Waals surface area contributed by atoms with Gasteiger partial charge in [0.25, 0.3) is 5.69 Å². The maximum atomic E-state index is 13.2. The van der Waals surface area contributed by atoms with Crippen LogP contribution in [-0.2, 0) is 0 Å². The average Bonchev–Trinajstić information content (AvgIpc) is 2.31. The Hall–Kier alpha value is -2.02. The van der Waals surface area contributed by atoms with Gasteiger partial charge in [0, 0.05) is 23.4 Å². The number of non-ortho nitro benzene ring substituents is 1. The first-order chi connectivity index (χ1) is 8.54. The molecule has 0 aliphatic rings. The van der Waals surface area contributed by atoms with Crippen molar-refractivity contribution < 1.29 is 9.31 Å². The highest BCUT2D eigenvalue weighted by atomic mass is 32.2. The van der Waals surface area contributed by atoms with Crippen molar-refractivity contribution in [1.82, 2.24) is 9.97 Å². The Kier molecular flexibility index (Phi) is 3.52. The van der Waals surface area contributed by atoms with Gasteiger partial charge in [-0.2, -0.15) is 0 Å². The van der Waals surface area contributed by atoms with E-state index in [-0.39, 0.29) is 5.69 Å². The van der Waals surface area contributed by atoms with Crippen molar-refractivity contribution in [2.24, 2.45) is 0 Å². The number of aryl methyl sites for hydroxylation is 1. The zero-order valence-electron chi connectivity index (χ0n) is 9.33. The molecule has 1 aromatic heterocycles. The van der Waals surface area contributed by atoms with Gasteiger partial charge in [0.05, 0.1) is 11.0 Å². The fourth-order valence-corrected chi connectivity index (χ4v) is 2.02. The van der Waals surface area contributed by atoms with Gasteiger partial charge in [0.15, 0.2) is 5.16 Å². The van der Waals surface area contributed by atoms with Gasteiger partial charge in [0.2, 0.25) is 0 Å².